The number of aliphatic hydroxyl groups is 1. The molecule has 2 aromatic rings. The number of carbonyl (C=O) groups excluding carboxylic acids is 2. The van der Waals surface area contributed by atoms with Gasteiger partial charge in [0.1, 0.15) is 11.4 Å². The number of hydrogen-bond donors (Lipinski definition) is 1. The average Bonchev–Trinajstić information content (AvgIpc) is 3.09. The van der Waals surface area contributed by atoms with Crippen LogP contribution in [0.4, 0.5) is 5.69 Å². The molecule has 2 heterocycles. The van der Waals surface area contributed by atoms with Crippen molar-refractivity contribution in [2.45, 2.75) is 12.8 Å². The Hall–Kier alpha value is -3.63. The van der Waals surface area contributed by atoms with E-state index in [2.05, 4.69) is 0 Å². The van der Waals surface area contributed by atoms with Crippen LogP contribution in [-0.4, -0.2) is 48.6 Å². The molecule has 1 unspecified atom stereocenters. The molecule has 0 aromatic heterocycles. The third-order valence-corrected chi connectivity index (χ3v) is 5.79. The van der Waals surface area contributed by atoms with Crippen LogP contribution < -0.4 is 9.64 Å². The normalized spacial score (nSPS) is 19.1. The van der Waals surface area contributed by atoms with Crippen molar-refractivity contribution in [1.29, 1.82) is 5.26 Å². The van der Waals surface area contributed by atoms with E-state index in [4.69, 9.17) is 10.00 Å². The van der Waals surface area contributed by atoms with E-state index in [1.807, 2.05) is 11.0 Å². The van der Waals surface area contributed by atoms with Crippen LogP contribution in [0.15, 0.2) is 54.2 Å². The summed E-state index contributed by atoms with van der Waals surface area (Å²) >= 11 is 0. The number of piperidine rings is 1. The summed E-state index contributed by atoms with van der Waals surface area (Å²) in [6.45, 7) is 1.21. The van der Waals surface area contributed by atoms with Gasteiger partial charge in [-0.1, -0.05) is 12.1 Å². The van der Waals surface area contributed by atoms with Gasteiger partial charge in [0.15, 0.2) is 0 Å². The fourth-order valence-corrected chi connectivity index (χ4v) is 4.17. The minimum Gasteiger partial charge on any atom is -0.497 e. The number of nitriles is 1. The molecule has 2 aliphatic rings. The third-order valence-electron chi connectivity index (χ3n) is 5.79. The van der Waals surface area contributed by atoms with E-state index in [0.29, 0.717) is 46.9 Å². The fraction of sp³-hybridized carbons (Fsp3) is 0.292. The zero-order valence-corrected chi connectivity index (χ0v) is 17.2. The first kappa shape index (κ1) is 20.6. The van der Waals surface area contributed by atoms with E-state index in [1.54, 1.807) is 55.6 Å². The van der Waals surface area contributed by atoms with Crippen molar-refractivity contribution in [3.05, 3.63) is 65.4 Å². The van der Waals surface area contributed by atoms with Crippen molar-refractivity contribution in [3.8, 4) is 11.8 Å². The molecule has 7 nitrogen and oxygen atoms in total. The molecule has 1 atom stereocenters. The van der Waals surface area contributed by atoms with Crippen LogP contribution in [0.5, 0.6) is 5.75 Å². The van der Waals surface area contributed by atoms with Gasteiger partial charge < -0.3 is 14.7 Å². The zero-order valence-electron chi connectivity index (χ0n) is 17.2. The third kappa shape index (κ3) is 3.78. The lowest BCUT2D eigenvalue weighted by molar-refractivity contribution is -0.120. The summed E-state index contributed by atoms with van der Waals surface area (Å²) in [5, 5.41) is 18.7. The summed E-state index contributed by atoms with van der Waals surface area (Å²) < 4.78 is 5.22. The van der Waals surface area contributed by atoms with E-state index in [0.717, 1.165) is 12.8 Å². The summed E-state index contributed by atoms with van der Waals surface area (Å²) in [4.78, 5) is 30.1. The molecule has 0 saturated carbocycles. The van der Waals surface area contributed by atoms with Gasteiger partial charge in [-0.05, 0) is 60.7 Å². The number of hydrogen-bond acceptors (Lipinski definition) is 6. The largest absolute Gasteiger partial charge is 0.497 e. The Morgan fingerprint density at radius 3 is 2.42 bits per heavy atom. The molecule has 31 heavy (non-hydrogen) atoms. The molecular formula is C24H23N3O4. The van der Waals surface area contributed by atoms with Gasteiger partial charge in [-0.2, -0.15) is 5.26 Å². The van der Waals surface area contributed by atoms with Crippen molar-refractivity contribution >= 4 is 23.1 Å². The molecule has 1 N–H and O–H groups in total. The lowest BCUT2D eigenvalue weighted by Gasteiger charge is -2.34. The molecule has 4 rings (SSSR count). The lowest BCUT2D eigenvalue weighted by Crippen LogP contribution is -2.40. The van der Waals surface area contributed by atoms with Crippen LogP contribution in [0.2, 0.25) is 0 Å². The Morgan fingerprint density at radius 1 is 1.10 bits per heavy atom. The van der Waals surface area contributed by atoms with Crippen LogP contribution in [0.3, 0.4) is 0 Å². The van der Waals surface area contributed by atoms with Crippen LogP contribution >= 0.6 is 0 Å². The second-order valence-corrected chi connectivity index (χ2v) is 7.69. The van der Waals surface area contributed by atoms with Gasteiger partial charge in [0, 0.05) is 19.7 Å². The van der Waals surface area contributed by atoms with Gasteiger partial charge in [-0.25, -0.2) is 4.90 Å². The maximum atomic E-state index is 13.5. The number of likely N-dealkylation sites (tertiary alicyclic amines) is 1. The number of anilines is 1. The highest BCUT2D eigenvalue weighted by Crippen LogP contribution is 2.37. The molecule has 2 aromatic carbocycles. The van der Waals surface area contributed by atoms with Gasteiger partial charge in [0.2, 0.25) is 0 Å². The number of rotatable bonds is 5. The standard InChI is InChI=1S/C24H23N3O4/c1-31-20-10-6-18(7-11-20)21-22(26-12-2-3-17(14-26)15-28)24(30)27(23(21)29)19-8-4-16(13-25)5-9-19/h4-11,17,28H,2-3,12,14-15H2,1H3. The second kappa shape index (κ2) is 8.62. The number of nitrogens with zero attached hydrogens (tertiary/aromatic N) is 3. The molecule has 0 bridgehead atoms. The molecule has 158 valence electrons. The highest BCUT2D eigenvalue weighted by molar-refractivity contribution is 6.45. The number of imide groups is 1. The van der Waals surface area contributed by atoms with Gasteiger partial charge in [-0.15, -0.1) is 0 Å². The molecule has 0 aliphatic carbocycles. The maximum Gasteiger partial charge on any atom is 0.282 e. The van der Waals surface area contributed by atoms with Gasteiger partial charge in [-0.3, -0.25) is 9.59 Å². The van der Waals surface area contributed by atoms with E-state index in [9.17, 15) is 14.7 Å². The predicted molar refractivity (Wildman–Crippen MR) is 115 cm³/mol. The Labute approximate surface area is 180 Å². The minimum absolute atomic E-state index is 0.0448. The summed E-state index contributed by atoms with van der Waals surface area (Å²) in [5.41, 5.74) is 2.21. The summed E-state index contributed by atoms with van der Waals surface area (Å²) in [6.07, 6.45) is 1.72. The first-order valence-electron chi connectivity index (χ1n) is 10.2. The number of aliphatic hydroxyl groups excluding tert-OH is 1. The average molecular weight is 417 g/mol. The highest BCUT2D eigenvalue weighted by Gasteiger charge is 2.43. The smallest absolute Gasteiger partial charge is 0.282 e. The second-order valence-electron chi connectivity index (χ2n) is 7.69. The summed E-state index contributed by atoms with van der Waals surface area (Å²) in [5.74, 6) is -0.0738. The molecule has 1 fully saturated rings. The zero-order chi connectivity index (χ0) is 22.0. The quantitative estimate of drug-likeness (QED) is 0.752. The molecule has 2 amide bonds. The Kier molecular flexibility index (Phi) is 5.74. The maximum absolute atomic E-state index is 13.5. The minimum atomic E-state index is -0.402. The van der Waals surface area contributed by atoms with E-state index in [-0.39, 0.29) is 18.4 Å². The Bertz CT molecular complexity index is 1070. The van der Waals surface area contributed by atoms with E-state index in [1.165, 1.54) is 4.90 Å². The van der Waals surface area contributed by atoms with Crippen molar-refractivity contribution in [3.63, 3.8) is 0 Å². The van der Waals surface area contributed by atoms with Crippen LogP contribution in [0, 0.1) is 17.2 Å². The fourth-order valence-electron chi connectivity index (χ4n) is 4.17. The topological polar surface area (TPSA) is 93.9 Å². The van der Waals surface area contributed by atoms with E-state index < -0.39 is 5.91 Å². The first-order valence-corrected chi connectivity index (χ1v) is 10.2. The SMILES string of the molecule is COc1ccc(C2=C(N3CCCC(CO)C3)C(=O)N(c3ccc(C#N)cc3)C2=O)cc1. The molecule has 2 aliphatic heterocycles. The van der Waals surface area contributed by atoms with Crippen molar-refractivity contribution in [1.82, 2.24) is 4.90 Å². The van der Waals surface area contributed by atoms with Crippen LogP contribution in [-0.2, 0) is 9.59 Å². The van der Waals surface area contributed by atoms with Crippen molar-refractivity contribution in [2.75, 3.05) is 31.7 Å². The molecule has 1 saturated heterocycles. The molecule has 0 radical (unpaired) electrons. The van der Waals surface area contributed by atoms with Crippen molar-refractivity contribution < 1.29 is 19.4 Å². The number of benzene rings is 2. The number of ether oxygens (including phenoxy) is 1. The van der Waals surface area contributed by atoms with Crippen molar-refractivity contribution in [2.24, 2.45) is 5.92 Å². The Balaban J connectivity index is 1.79. The summed E-state index contributed by atoms with van der Waals surface area (Å²) in [6, 6.07) is 15.5. The van der Waals surface area contributed by atoms with Crippen LogP contribution in [0.1, 0.15) is 24.0 Å². The highest BCUT2D eigenvalue weighted by atomic mass is 16.5. The van der Waals surface area contributed by atoms with Gasteiger partial charge >= 0.3 is 0 Å². The molecule has 0 spiro atoms. The lowest BCUT2D eigenvalue weighted by atomic mass is 9.97. The van der Waals surface area contributed by atoms with Gasteiger partial charge in [0.05, 0.1) is 30.0 Å². The number of carbonyl (C=O) groups is 2. The first-order chi connectivity index (χ1) is 15.1. The van der Waals surface area contributed by atoms with Crippen LogP contribution in [0.25, 0.3) is 5.57 Å². The molecular weight excluding hydrogens is 394 g/mol. The Morgan fingerprint density at radius 2 is 1.81 bits per heavy atom. The number of amides is 2. The summed E-state index contributed by atoms with van der Waals surface area (Å²) in [7, 11) is 1.57. The van der Waals surface area contributed by atoms with Gasteiger partial charge in [0.25, 0.3) is 11.8 Å². The monoisotopic (exact) mass is 417 g/mol. The molecule has 7 heteroatoms. The number of methoxy groups -OCH3 is 1. The predicted octanol–water partition coefficient (Wildman–Crippen LogP) is 2.56. The van der Waals surface area contributed by atoms with E-state index >= 15 is 0 Å².